The van der Waals surface area contributed by atoms with Crippen molar-refractivity contribution in [3.05, 3.63) is 33.8 Å². The first kappa shape index (κ1) is 26.8. The van der Waals surface area contributed by atoms with Gasteiger partial charge in [-0.25, -0.2) is 0 Å². The number of hydrogen-bond acceptors (Lipinski definition) is 3. The van der Waals surface area contributed by atoms with Crippen LogP contribution in [0.3, 0.4) is 0 Å². The van der Waals surface area contributed by atoms with Crippen molar-refractivity contribution in [1.29, 1.82) is 0 Å². The van der Waals surface area contributed by atoms with E-state index in [0.717, 1.165) is 81.7 Å². The molecule has 0 bridgehead atoms. The number of nitrogens with one attached hydrogen (secondary N) is 2. The Morgan fingerprint density at radius 2 is 1.90 bits per heavy atom. The normalized spacial score (nSPS) is 16.9. The summed E-state index contributed by atoms with van der Waals surface area (Å²) in [5.74, 6) is 1.45. The van der Waals surface area contributed by atoms with E-state index in [1.54, 1.807) is 6.07 Å². The third-order valence-electron chi connectivity index (χ3n) is 5.00. The second-order valence-electron chi connectivity index (χ2n) is 7.69. The lowest BCUT2D eigenvalue weighted by atomic mass is 10.1. The summed E-state index contributed by atoms with van der Waals surface area (Å²) in [6, 6.07) is 5.70. The van der Waals surface area contributed by atoms with Crippen molar-refractivity contribution < 1.29 is 0 Å². The smallest absolute Gasteiger partial charge is 0.191 e. The van der Waals surface area contributed by atoms with E-state index in [-0.39, 0.29) is 24.0 Å². The van der Waals surface area contributed by atoms with Gasteiger partial charge in [0.2, 0.25) is 0 Å². The molecule has 166 valence electrons. The zero-order valence-corrected chi connectivity index (χ0v) is 21.7. The van der Waals surface area contributed by atoms with Gasteiger partial charge in [0.25, 0.3) is 0 Å². The highest BCUT2D eigenvalue weighted by Crippen LogP contribution is 2.21. The van der Waals surface area contributed by atoms with Gasteiger partial charge in [-0.15, -0.1) is 24.0 Å². The number of aryl methyl sites for hydroxylation is 1. The quantitative estimate of drug-likeness (QED) is 0.209. The highest BCUT2D eigenvalue weighted by molar-refractivity contribution is 14.0. The monoisotopic (exact) mass is 555 g/mol. The van der Waals surface area contributed by atoms with Gasteiger partial charge in [-0.2, -0.15) is 0 Å². The van der Waals surface area contributed by atoms with E-state index < -0.39 is 0 Å². The Hall–Kier alpha value is -0.280. The summed E-state index contributed by atoms with van der Waals surface area (Å²) in [6.07, 6.45) is 1.91. The van der Waals surface area contributed by atoms with E-state index in [4.69, 9.17) is 28.2 Å². The lowest BCUT2D eigenvalue weighted by Gasteiger charge is -2.33. The number of hydrogen-bond donors (Lipinski definition) is 2. The Morgan fingerprint density at radius 1 is 1.17 bits per heavy atom. The van der Waals surface area contributed by atoms with Crippen molar-refractivity contribution in [3.63, 3.8) is 0 Å². The van der Waals surface area contributed by atoms with Crippen molar-refractivity contribution in [1.82, 2.24) is 20.4 Å². The van der Waals surface area contributed by atoms with E-state index in [2.05, 4.69) is 41.3 Å². The van der Waals surface area contributed by atoms with Crippen LogP contribution in [0.1, 0.15) is 25.8 Å². The van der Waals surface area contributed by atoms with E-state index in [1.165, 1.54) is 0 Å². The average Bonchev–Trinajstić information content (AvgIpc) is 2.66. The van der Waals surface area contributed by atoms with Gasteiger partial charge in [0.1, 0.15) is 0 Å². The van der Waals surface area contributed by atoms with Gasteiger partial charge in [-0.1, -0.05) is 36.2 Å². The first-order valence-corrected chi connectivity index (χ1v) is 11.1. The van der Waals surface area contributed by atoms with E-state index in [0.29, 0.717) is 10.9 Å². The first-order valence-electron chi connectivity index (χ1n) is 10.3. The van der Waals surface area contributed by atoms with Crippen molar-refractivity contribution in [2.45, 2.75) is 26.7 Å². The minimum atomic E-state index is 0. The van der Waals surface area contributed by atoms with Crippen LogP contribution in [0.5, 0.6) is 0 Å². The molecule has 1 heterocycles. The summed E-state index contributed by atoms with van der Waals surface area (Å²) in [5.41, 5.74) is 1.13. The summed E-state index contributed by atoms with van der Waals surface area (Å²) < 4.78 is 0. The van der Waals surface area contributed by atoms with Crippen LogP contribution in [0.25, 0.3) is 0 Å². The highest BCUT2D eigenvalue weighted by atomic mass is 127. The zero-order chi connectivity index (χ0) is 20.4. The maximum absolute atomic E-state index is 6.25. The molecule has 0 spiro atoms. The molecule has 1 saturated heterocycles. The van der Waals surface area contributed by atoms with Gasteiger partial charge in [0.05, 0.1) is 0 Å². The molecule has 1 fully saturated rings. The molecule has 0 aromatic heterocycles. The lowest BCUT2D eigenvalue weighted by molar-refractivity contribution is 0.140. The second-order valence-corrected chi connectivity index (χ2v) is 8.54. The standard InChI is InChI=1S/C21H35Cl2N5.HI/c1-4-24-21(25-9-5-6-18-7-8-19(22)14-20(18)23)26-15-17(2)16-28-12-10-27(3)11-13-28;/h7-8,14,17H,4-6,9-13,15-16H2,1-3H3,(H2,24,25,26);1H. The minimum absolute atomic E-state index is 0. The zero-order valence-electron chi connectivity index (χ0n) is 17.9. The summed E-state index contributed by atoms with van der Waals surface area (Å²) in [6.45, 7) is 12.7. The number of guanidine groups is 1. The van der Waals surface area contributed by atoms with Crippen molar-refractivity contribution >= 4 is 53.1 Å². The van der Waals surface area contributed by atoms with Crippen LogP contribution in [0.2, 0.25) is 10.0 Å². The van der Waals surface area contributed by atoms with Crippen LogP contribution in [-0.4, -0.2) is 75.2 Å². The van der Waals surface area contributed by atoms with Gasteiger partial charge in [-0.05, 0) is 50.4 Å². The molecular formula is C21H36Cl2IN5. The van der Waals surface area contributed by atoms with Crippen molar-refractivity contribution in [2.75, 3.05) is 59.4 Å². The fraction of sp³-hybridized carbons (Fsp3) is 0.667. The molecule has 1 aromatic rings. The number of aliphatic imine (C=N–C) groups is 1. The molecule has 29 heavy (non-hydrogen) atoms. The predicted molar refractivity (Wildman–Crippen MR) is 137 cm³/mol. The topological polar surface area (TPSA) is 42.9 Å². The third kappa shape index (κ3) is 10.5. The van der Waals surface area contributed by atoms with Gasteiger partial charge in [-0.3, -0.25) is 4.99 Å². The Bertz CT molecular complexity index is 621. The Morgan fingerprint density at radius 3 is 2.55 bits per heavy atom. The number of benzene rings is 1. The number of halogens is 3. The van der Waals surface area contributed by atoms with Gasteiger partial charge < -0.3 is 20.4 Å². The van der Waals surface area contributed by atoms with Crippen LogP contribution in [0.4, 0.5) is 0 Å². The second kappa shape index (κ2) is 14.7. The van der Waals surface area contributed by atoms with E-state index in [1.807, 2.05) is 12.1 Å². The molecule has 0 amide bonds. The number of likely N-dealkylation sites (N-methyl/N-ethyl adjacent to an activating group) is 1. The molecule has 1 aromatic carbocycles. The number of rotatable bonds is 9. The van der Waals surface area contributed by atoms with Gasteiger partial charge in [0.15, 0.2) is 5.96 Å². The minimum Gasteiger partial charge on any atom is -0.357 e. The summed E-state index contributed by atoms with van der Waals surface area (Å²) >= 11 is 12.2. The Labute approximate surface area is 203 Å². The van der Waals surface area contributed by atoms with E-state index >= 15 is 0 Å². The molecule has 2 rings (SSSR count). The molecule has 1 aliphatic rings. The molecule has 0 aliphatic carbocycles. The molecule has 0 saturated carbocycles. The molecule has 2 N–H and O–H groups in total. The summed E-state index contributed by atoms with van der Waals surface area (Å²) in [4.78, 5) is 9.73. The van der Waals surface area contributed by atoms with Crippen LogP contribution < -0.4 is 10.6 Å². The van der Waals surface area contributed by atoms with Crippen LogP contribution >= 0.6 is 47.2 Å². The predicted octanol–water partition coefficient (Wildman–Crippen LogP) is 3.98. The summed E-state index contributed by atoms with van der Waals surface area (Å²) in [5, 5.41) is 8.20. The van der Waals surface area contributed by atoms with Gasteiger partial charge >= 0.3 is 0 Å². The van der Waals surface area contributed by atoms with Crippen LogP contribution in [-0.2, 0) is 6.42 Å². The first-order chi connectivity index (χ1) is 13.5. The fourth-order valence-corrected chi connectivity index (χ4v) is 3.83. The SMILES string of the molecule is CCNC(=NCC(C)CN1CCN(C)CC1)NCCCc1ccc(Cl)cc1Cl.I. The average molecular weight is 556 g/mol. The molecule has 1 atom stereocenters. The fourth-order valence-electron chi connectivity index (χ4n) is 3.33. The molecule has 8 heteroatoms. The van der Waals surface area contributed by atoms with E-state index in [9.17, 15) is 0 Å². The van der Waals surface area contributed by atoms with Gasteiger partial charge in [0, 0.05) is 62.4 Å². The van der Waals surface area contributed by atoms with Crippen molar-refractivity contribution in [3.8, 4) is 0 Å². The summed E-state index contributed by atoms with van der Waals surface area (Å²) in [7, 11) is 2.19. The molecule has 5 nitrogen and oxygen atoms in total. The maximum atomic E-state index is 6.25. The highest BCUT2D eigenvalue weighted by Gasteiger charge is 2.16. The molecular weight excluding hydrogens is 520 g/mol. The van der Waals surface area contributed by atoms with Crippen LogP contribution in [0, 0.1) is 5.92 Å². The lowest BCUT2D eigenvalue weighted by Crippen LogP contribution is -2.46. The van der Waals surface area contributed by atoms with Crippen molar-refractivity contribution in [2.24, 2.45) is 10.9 Å². The number of nitrogens with zero attached hydrogens (tertiary/aromatic N) is 3. The van der Waals surface area contributed by atoms with Crippen LogP contribution in [0.15, 0.2) is 23.2 Å². The molecule has 1 unspecified atom stereocenters. The molecule has 1 aliphatic heterocycles. The Balaban J connectivity index is 0.00000420. The molecule has 0 radical (unpaired) electrons. The number of piperazine rings is 1. The Kier molecular flexibility index (Phi) is 13.5. The largest absolute Gasteiger partial charge is 0.357 e. The third-order valence-corrected chi connectivity index (χ3v) is 5.59. The maximum Gasteiger partial charge on any atom is 0.191 e.